The van der Waals surface area contributed by atoms with Gasteiger partial charge < -0.3 is 5.73 Å². The molecule has 1 heterocycles. The normalized spacial score (nSPS) is 24.2. The Balaban J connectivity index is 2.30. The Bertz CT molecular complexity index is 600. The zero-order valence-electron chi connectivity index (χ0n) is 12.6. The largest absolute Gasteiger partial charge is 0.398 e. The molecule has 2 rings (SSSR count). The number of nitrogens with two attached hydrogens (primary N) is 1. The number of sulfonamides is 1. The SMILES string of the molecule is Cc1c(N)cc(S(=O)(=O)NN2C(C)CCCC2C)cc1F. The third-order valence-electron chi connectivity index (χ3n) is 4.09. The van der Waals surface area contributed by atoms with Gasteiger partial charge in [0.2, 0.25) is 0 Å². The van der Waals surface area contributed by atoms with Gasteiger partial charge in [-0.05, 0) is 45.7 Å². The summed E-state index contributed by atoms with van der Waals surface area (Å²) in [4.78, 5) is 2.42. The Kier molecular flexibility index (Phi) is 4.55. The van der Waals surface area contributed by atoms with Crippen LogP contribution in [0.3, 0.4) is 0 Å². The molecule has 1 aromatic carbocycles. The Morgan fingerprint density at radius 1 is 1.29 bits per heavy atom. The van der Waals surface area contributed by atoms with E-state index in [1.54, 1.807) is 5.01 Å². The van der Waals surface area contributed by atoms with Gasteiger partial charge in [0.15, 0.2) is 0 Å². The molecule has 2 unspecified atom stereocenters. The predicted molar refractivity (Wildman–Crippen MR) is 80.5 cm³/mol. The maximum absolute atomic E-state index is 13.7. The van der Waals surface area contributed by atoms with Gasteiger partial charge in [0.1, 0.15) is 5.82 Å². The van der Waals surface area contributed by atoms with Crippen molar-refractivity contribution in [3.8, 4) is 0 Å². The second-order valence-corrected chi connectivity index (χ2v) is 7.41. The summed E-state index contributed by atoms with van der Waals surface area (Å²) in [6.45, 7) is 5.47. The number of nitrogens with zero attached hydrogens (tertiary/aromatic N) is 1. The van der Waals surface area contributed by atoms with E-state index >= 15 is 0 Å². The zero-order chi connectivity index (χ0) is 15.8. The highest BCUT2D eigenvalue weighted by molar-refractivity contribution is 7.89. The van der Waals surface area contributed by atoms with Crippen molar-refractivity contribution in [3.05, 3.63) is 23.5 Å². The molecule has 7 heteroatoms. The summed E-state index contributed by atoms with van der Waals surface area (Å²) in [5.74, 6) is -0.616. The second kappa shape index (κ2) is 5.90. The second-order valence-electron chi connectivity index (χ2n) is 5.75. The maximum Gasteiger partial charge on any atom is 0.253 e. The molecule has 0 spiro atoms. The lowest BCUT2D eigenvalue weighted by Gasteiger charge is -2.38. The fourth-order valence-corrected chi connectivity index (χ4v) is 3.91. The average molecular weight is 315 g/mol. The molecule has 0 amide bonds. The number of halogens is 1. The van der Waals surface area contributed by atoms with Crippen molar-refractivity contribution in [2.45, 2.75) is 57.0 Å². The quantitative estimate of drug-likeness (QED) is 0.838. The summed E-state index contributed by atoms with van der Waals surface area (Å²) in [5.41, 5.74) is 6.05. The molecule has 118 valence electrons. The maximum atomic E-state index is 13.7. The van der Waals surface area contributed by atoms with Gasteiger partial charge in [0.25, 0.3) is 10.0 Å². The number of piperidine rings is 1. The first-order chi connectivity index (χ1) is 9.72. The average Bonchev–Trinajstić information content (AvgIpc) is 2.40. The van der Waals surface area contributed by atoms with Gasteiger partial charge in [-0.1, -0.05) is 6.42 Å². The Morgan fingerprint density at radius 2 is 1.86 bits per heavy atom. The van der Waals surface area contributed by atoms with Crippen LogP contribution in [0.4, 0.5) is 10.1 Å². The van der Waals surface area contributed by atoms with Crippen LogP contribution < -0.4 is 10.6 Å². The van der Waals surface area contributed by atoms with Gasteiger partial charge in [-0.15, -0.1) is 4.83 Å². The minimum absolute atomic E-state index is 0.108. The number of hydrogen-bond donors (Lipinski definition) is 2. The van der Waals surface area contributed by atoms with Crippen LogP contribution in [0.1, 0.15) is 38.7 Å². The smallest absolute Gasteiger partial charge is 0.253 e. The monoisotopic (exact) mass is 315 g/mol. The number of nitrogen functional groups attached to an aromatic ring is 1. The molecule has 0 saturated carbocycles. The van der Waals surface area contributed by atoms with E-state index in [-0.39, 0.29) is 28.2 Å². The van der Waals surface area contributed by atoms with Gasteiger partial charge in [-0.2, -0.15) is 0 Å². The number of hydrazine groups is 1. The van der Waals surface area contributed by atoms with Crippen molar-refractivity contribution >= 4 is 15.7 Å². The lowest BCUT2D eigenvalue weighted by Crippen LogP contribution is -2.53. The van der Waals surface area contributed by atoms with Crippen molar-refractivity contribution in [3.63, 3.8) is 0 Å². The molecule has 1 fully saturated rings. The molecule has 0 radical (unpaired) electrons. The molecule has 3 N–H and O–H groups in total. The first-order valence-corrected chi connectivity index (χ1v) is 8.57. The van der Waals surface area contributed by atoms with Crippen LogP contribution in [0.25, 0.3) is 0 Å². The number of benzene rings is 1. The van der Waals surface area contributed by atoms with Crippen LogP contribution in [0, 0.1) is 12.7 Å². The minimum Gasteiger partial charge on any atom is -0.398 e. The van der Waals surface area contributed by atoms with E-state index in [9.17, 15) is 12.8 Å². The molecule has 2 atom stereocenters. The van der Waals surface area contributed by atoms with Crippen molar-refractivity contribution < 1.29 is 12.8 Å². The standard InChI is InChI=1S/C14H22FN3O2S/c1-9-5-4-6-10(2)18(9)17-21(19,20)12-7-13(15)11(3)14(16)8-12/h7-10,17H,4-6,16H2,1-3H3. The minimum atomic E-state index is -3.83. The fourth-order valence-electron chi connectivity index (χ4n) is 2.62. The number of rotatable bonds is 3. The topological polar surface area (TPSA) is 75.4 Å². The van der Waals surface area contributed by atoms with Crippen LogP contribution in [-0.4, -0.2) is 25.5 Å². The molecule has 21 heavy (non-hydrogen) atoms. The lowest BCUT2D eigenvalue weighted by atomic mass is 10.0. The van der Waals surface area contributed by atoms with Gasteiger partial charge in [0.05, 0.1) is 4.90 Å². The van der Waals surface area contributed by atoms with Crippen LogP contribution in [0.15, 0.2) is 17.0 Å². The Hall–Kier alpha value is -1.18. The highest BCUT2D eigenvalue weighted by atomic mass is 32.2. The fraction of sp³-hybridized carbons (Fsp3) is 0.571. The molecule has 1 aliphatic heterocycles. The first kappa shape index (κ1) is 16.2. The van der Waals surface area contributed by atoms with Crippen molar-refractivity contribution in [1.82, 2.24) is 9.84 Å². The van der Waals surface area contributed by atoms with Gasteiger partial charge >= 0.3 is 0 Å². The van der Waals surface area contributed by atoms with E-state index in [0.717, 1.165) is 25.3 Å². The van der Waals surface area contributed by atoms with Crippen molar-refractivity contribution in [1.29, 1.82) is 0 Å². The molecule has 0 aliphatic carbocycles. The first-order valence-electron chi connectivity index (χ1n) is 7.09. The number of anilines is 1. The van der Waals surface area contributed by atoms with Gasteiger partial charge in [-0.3, -0.25) is 0 Å². The van der Waals surface area contributed by atoms with Crippen molar-refractivity contribution in [2.75, 3.05) is 5.73 Å². The van der Waals surface area contributed by atoms with Gasteiger partial charge in [-0.25, -0.2) is 17.8 Å². The molecule has 0 aromatic heterocycles. The van der Waals surface area contributed by atoms with E-state index in [4.69, 9.17) is 5.73 Å². The van der Waals surface area contributed by atoms with E-state index in [2.05, 4.69) is 4.83 Å². The summed E-state index contributed by atoms with van der Waals surface area (Å²) < 4.78 is 38.6. The molecule has 0 bridgehead atoms. The molecule has 1 aromatic rings. The van der Waals surface area contributed by atoms with E-state index in [1.807, 2.05) is 13.8 Å². The number of nitrogens with one attached hydrogen (secondary N) is 1. The highest BCUT2D eigenvalue weighted by Gasteiger charge is 2.29. The summed E-state index contributed by atoms with van der Waals surface area (Å²) in [6.07, 6.45) is 2.93. The molecular weight excluding hydrogens is 293 g/mol. The summed E-state index contributed by atoms with van der Waals surface area (Å²) in [7, 11) is -3.83. The molecule has 1 saturated heterocycles. The van der Waals surface area contributed by atoms with Gasteiger partial charge in [0, 0.05) is 23.3 Å². The van der Waals surface area contributed by atoms with Crippen LogP contribution in [0.2, 0.25) is 0 Å². The van der Waals surface area contributed by atoms with E-state index in [0.29, 0.717) is 0 Å². The highest BCUT2D eigenvalue weighted by Crippen LogP contribution is 2.24. The lowest BCUT2D eigenvalue weighted by molar-refractivity contribution is 0.0790. The van der Waals surface area contributed by atoms with E-state index in [1.165, 1.54) is 13.0 Å². The summed E-state index contributed by atoms with van der Waals surface area (Å²) in [5, 5.41) is 1.73. The van der Waals surface area contributed by atoms with Crippen LogP contribution in [-0.2, 0) is 10.0 Å². The predicted octanol–water partition coefficient (Wildman–Crippen LogP) is 2.17. The van der Waals surface area contributed by atoms with E-state index < -0.39 is 15.8 Å². The summed E-state index contributed by atoms with van der Waals surface area (Å²) >= 11 is 0. The number of hydrogen-bond acceptors (Lipinski definition) is 4. The molecular formula is C14H22FN3O2S. The molecule has 1 aliphatic rings. The van der Waals surface area contributed by atoms with Crippen molar-refractivity contribution in [2.24, 2.45) is 0 Å². The Labute approximate surface area is 125 Å². The third kappa shape index (κ3) is 3.36. The molecule has 5 nitrogen and oxygen atoms in total. The summed E-state index contributed by atoms with van der Waals surface area (Å²) in [6, 6.07) is 2.51. The Morgan fingerprint density at radius 3 is 2.38 bits per heavy atom. The third-order valence-corrected chi connectivity index (χ3v) is 5.39. The zero-order valence-corrected chi connectivity index (χ0v) is 13.4. The van der Waals surface area contributed by atoms with Crippen LogP contribution >= 0.6 is 0 Å². The van der Waals surface area contributed by atoms with Crippen LogP contribution in [0.5, 0.6) is 0 Å².